The molecule has 3 nitrogen and oxygen atoms in total. The topological polar surface area (TPSA) is 45.0 Å². The van der Waals surface area contributed by atoms with E-state index >= 15 is 0 Å². The molecule has 0 atom stereocenters. The molecular weight excluding hydrogens is 340 g/mol. The molecule has 0 aromatic heterocycles. The van der Waals surface area contributed by atoms with Crippen molar-refractivity contribution in [1.29, 1.82) is 5.26 Å². The fourth-order valence-corrected chi connectivity index (χ4v) is 2.21. The monoisotopic (exact) mass is 350 g/mol. The van der Waals surface area contributed by atoms with Gasteiger partial charge in [-0.25, -0.2) is 0 Å². The Morgan fingerprint density at radius 3 is 2.85 bits per heavy atom. The van der Waals surface area contributed by atoms with E-state index in [0.29, 0.717) is 17.3 Å². The standard InChI is InChI=1S/C15H12BrClN2O/c16-14-8-11(4-5-15(14)17)10-19-12-2-1-3-13(9-12)20-7-6-18/h1-5,8-9,19H,7,10H2. The van der Waals surface area contributed by atoms with Crippen LogP contribution in [-0.4, -0.2) is 6.61 Å². The molecule has 20 heavy (non-hydrogen) atoms. The molecule has 102 valence electrons. The summed E-state index contributed by atoms with van der Waals surface area (Å²) in [5, 5.41) is 12.5. The van der Waals surface area contributed by atoms with Gasteiger partial charge in [0.25, 0.3) is 0 Å². The van der Waals surface area contributed by atoms with E-state index < -0.39 is 0 Å². The molecule has 0 unspecified atom stereocenters. The summed E-state index contributed by atoms with van der Waals surface area (Å²) >= 11 is 9.36. The predicted octanol–water partition coefficient (Wildman–Crippen LogP) is 4.62. The van der Waals surface area contributed by atoms with Crippen molar-refractivity contribution < 1.29 is 4.74 Å². The van der Waals surface area contributed by atoms with E-state index in [1.165, 1.54) is 0 Å². The highest BCUT2D eigenvalue weighted by molar-refractivity contribution is 9.10. The van der Waals surface area contributed by atoms with Crippen LogP contribution in [0.3, 0.4) is 0 Å². The summed E-state index contributed by atoms with van der Waals surface area (Å²) in [6.07, 6.45) is 0. The van der Waals surface area contributed by atoms with E-state index in [2.05, 4.69) is 21.2 Å². The third-order valence-corrected chi connectivity index (χ3v) is 3.83. The minimum absolute atomic E-state index is 0.0492. The number of anilines is 1. The molecule has 0 saturated heterocycles. The summed E-state index contributed by atoms with van der Waals surface area (Å²) in [7, 11) is 0. The molecule has 0 radical (unpaired) electrons. The van der Waals surface area contributed by atoms with E-state index in [1.807, 2.05) is 48.5 Å². The highest BCUT2D eigenvalue weighted by Crippen LogP contribution is 2.24. The molecule has 0 aliphatic heterocycles. The van der Waals surface area contributed by atoms with Gasteiger partial charge in [0.2, 0.25) is 0 Å². The van der Waals surface area contributed by atoms with Crippen molar-refractivity contribution in [3.05, 3.63) is 57.5 Å². The average molecular weight is 352 g/mol. The lowest BCUT2D eigenvalue weighted by atomic mass is 10.2. The highest BCUT2D eigenvalue weighted by Gasteiger charge is 2.00. The summed E-state index contributed by atoms with van der Waals surface area (Å²) in [6.45, 7) is 0.727. The molecule has 2 rings (SSSR count). The third-order valence-electron chi connectivity index (χ3n) is 2.62. The number of benzene rings is 2. The molecule has 2 aromatic rings. The second-order valence-corrected chi connectivity index (χ2v) is 5.34. The largest absolute Gasteiger partial charge is 0.479 e. The van der Waals surface area contributed by atoms with Crippen LogP contribution in [0.5, 0.6) is 5.75 Å². The first-order valence-corrected chi connectivity index (χ1v) is 7.14. The van der Waals surface area contributed by atoms with Crippen LogP contribution in [0.2, 0.25) is 5.02 Å². The first kappa shape index (κ1) is 14.7. The van der Waals surface area contributed by atoms with Crippen LogP contribution < -0.4 is 10.1 Å². The maximum Gasteiger partial charge on any atom is 0.174 e. The number of nitriles is 1. The maximum atomic E-state index is 8.49. The maximum absolute atomic E-state index is 8.49. The van der Waals surface area contributed by atoms with Gasteiger partial charge in [-0.1, -0.05) is 23.7 Å². The SMILES string of the molecule is N#CCOc1cccc(NCc2ccc(Cl)c(Br)c2)c1. The fraction of sp³-hybridized carbons (Fsp3) is 0.133. The van der Waals surface area contributed by atoms with Crippen molar-refractivity contribution in [2.75, 3.05) is 11.9 Å². The van der Waals surface area contributed by atoms with Crippen LogP contribution in [0.15, 0.2) is 46.9 Å². The first-order valence-electron chi connectivity index (χ1n) is 5.96. The van der Waals surface area contributed by atoms with Crippen LogP contribution in [-0.2, 0) is 6.54 Å². The van der Waals surface area contributed by atoms with Gasteiger partial charge in [-0.15, -0.1) is 0 Å². The van der Waals surface area contributed by atoms with Crippen molar-refractivity contribution in [2.24, 2.45) is 0 Å². The van der Waals surface area contributed by atoms with Gasteiger partial charge in [0.1, 0.15) is 11.8 Å². The van der Waals surface area contributed by atoms with Crippen molar-refractivity contribution in [3.63, 3.8) is 0 Å². The highest BCUT2D eigenvalue weighted by atomic mass is 79.9. The zero-order chi connectivity index (χ0) is 14.4. The van der Waals surface area contributed by atoms with Gasteiger partial charge in [-0.2, -0.15) is 5.26 Å². The second kappa shape index (κ2) is 7.18. The lowest BCUT2D eigenvalue weighted by Crippen LogP contribution is -2.00. The van der Waals surface area contributed by atoms with Crippen molar-refractivity contribution in [2.45, 2.75) is 6.54 Å². The van der Waals surface area contributed by atoms with Crippen LogP contribution in [0.25, 0.3) is 0 Å². The van der Waals surface area contributed by atoms with E-state index in [0.717, 1.165) is 15.7 Å². The summed E-state index contributed by atoms with van der Waals surface area (Å²) in [5.41, 5.74) is 2.05. The van der Waals surface area contributed by atoms with Gasteiger partial charge < -0.3 is 10.1 Å². The summed E-state index contributed by atoms with van der Waals surface area (Å²) < 4.78 is 6.14. The smallest absolute Gasteiger partial charge is 0.174 e. The van der Waals surface area contributed by atoms with Crippen LogP contribution >= 0.6 is 27.5 Å². The Balaban J connectivity index is 1.99. The molecule has 0 heterocycles. The minimum Gasteiger partial charge on any atom is -0.479 e. The van der Waals surface area contributed by atoms with Crippen LogP contribution in [0.1, 0.15) is 5.56 Å². The van der Waals surface area contributed by atoms with Gasteiger partial charge in [0, 0.05) is 22.8 Å². The van der Waals surface area contributed by atoms with Gasteiger partial charge >= 0.3 is 0 Å². The Morgan fingerprint density at radius 2 is 2.10 bits per heavy atom. The predicted molar refractivity (Wildman–Crippen MR) is 84.0 cm³/mol. The molecule has 1 N–H and O–H groups in total. The number of halogens is 2. The summed E-state index contributed by atoms with van der Waals surface area (Å²) in [4.78, 5) is 0. The molecular formula is C15H12BrClN2O. The van der Waals surface area contributed by atoms with E-state index in [1.54, 1.807) is 0 Å². The number of hydrogen-bond donors (Lipinski definition) is 1. The van der Waals surface area contributed by atoms with E-state index in [-0.39, 0.29) is 6.61 Å². The number of hydrogen-bond acceptors (Lipinski definition) is 3. The van der Waals surface area contributed by atoms with E-state index in [9.17, 15) is 0 Å². The summed E-state index contributed by atoms with van der Waals surface area (Å²) in [6, 6.07) is 15.3. The van der Waals surface area contributed by atoms with Gasteiger partial charge in [0.05, 0.1) is 5.02 Å². The average Bonchev–Trinajstić information content (AvgIpc) is 2.47. The van der Waals surface area contributed by atoms with Crippen LogP contribution in [0, 0.1) is 11.3 Å². The molecule has 0 aliphatic carbocycles. The molecule has 0 spiro atoms. The third kappa shape index (κ3) is 4.16. The Labute approximate surface area is 131 Å². The first-order chi connectivity index (χ1) is 9.69. The lowest BCUT2D eigenvalue weighted by Gasteiger charge is -2.09. The molecule has 2 aromatic carbocycles. The quantitative estimate of drug-likeness (QED) is 0.855. The molecule has 5 heteroatoms. The molecule has 0 saturated carbocycles. The lowest BCUT2D eigenvalue weighted by molar-refractivity contribution is 0.368. The molecule has 0 bridgehead atoms. The number of ether oxygens (including phenoxy) is 1. The zero-order valence-electron chi connectivity index (χ0n) is 10.6. The zero-order valence-corrected chi connectivity index (χ0v) is 12.9. The number of rotatable bonds is 5. The Morgan fingerprint density at radius 1 is 1.25 bits per heavy atom. The van der Waals surface area contributed by atoms with Crippen molar-refractivity contribution >= 4 is 33.2 Å². The molecule has 0 amide bonds. The number of nitrogens with one attached hydrogen (secondary N) is 1. The Hall–Kier alpha value is -1.70. The van der Waals surface area contributed by atoms with Crippen molar-refractivity contribution in [3.8, 4) is 11.8 Å². The normalized spacial score (nSPS) is 9.85. The Bertz CT molecular complexity index is 640. The second-order valence-electron chi connectivity index (χ2n) is 4.08. The number of nitrogens with zero attached hydrogens (tertiary/aromatic N) is 1. The van der Waals surface area contributed by atoms with Gasteiger partial charge in [0.15, 0.2) is 6.61 Å². The van der Waals surface area contributed by atoms with Gasteiger partial charge in [-0.05, 0) is 45.8 Å². The van der Waals surface area contributed by atoms with Crippen LogP contribution in [0.4, 0.5) is 5.69 Å². The summed E-state index contributed by atoms with van der Waals surface area (Å²) in [5.74, 6) is 0.675. The van der Waals surface area contributed by atoms with E-state index in [4.69, 9.17) is 21.6 Å². The minimum atomic E-state index is 0.0492. The van der Waals surface area contributed by atoms with Gasteiger partial charge in [-0.3, -0.25) is 0 Å². The molecule has 0 fully saturated rings. The Kier molecular flexibility index (Phi) is 5.28. The van der Waals surface area contributed by atoms with Crippen molar-refractivity contribution in [1.82, 2.24) is 0 Å². The fourth-order valence-electron chi connectivity index (χ4n) is 1.67. The molecule has 0 aliphatic rings.